The standard InChI is InChI=1S/C8H8BNO2/c1-6-3-2-4-7-5-12-9(10-11)8(6)7/h2-4H,5H2,1H3. The lowest BCUT2D eigenvalue weighted by Crippen LogP contribution is -2.28. The van der Waals surface area contributed by atoms with Gasteiger partial charge in [-0.25, -0.2) is 0 Å². The van der Waals surface area contributed by atoms with Gasteiger partial charge in [-0.05, 0) is 17.9 Å². The highest BCUT2D eigenvalue weighted by molar-refractivity contribution is 6.67. The summed E-state index contributed by atoms with van der Waals surface area (Å²) in [5.74, 6) is 0. The molecule has 4 heteroatoms. The summed E-state index contributed by atoms with van der Waals surface area (Å²) in [6, 6.07) is 5.89. The minimum atomic E-state index is -0.582. The third-order valence-electron chi connectivity index (χ3n) is 2.15. The van der Waals surface area contributed by atoms with Crippen LogP contribution in [0.2, 0.25) is 0 Å². The summed E-state index contributed by atoms with van der Waals surface area (Å²) in [5, 5.41) is 2.92. The second kappa shape index (κ2) is 2.71. The maximum Gasteiger partial charge on any atom is 0.521 e. The van der Waals surface area contributed by atoms with E-state index in [0.29, 0.717) is 6.61 Å². The number of benzene rings is 1. The summed E-state index contributed by atoms with van der Waals surface area (Å²) in [6.07, 6.45) is 0. The number of rotatable bonds is 1. The van der Waals surface area contributed by atoms with Crippen molar-refractivity contribution in [3.8, 4) is 0 Å². The maximum atomic E-state index is 10.3. The molecular weight excluding hydrogens is 153 g/mol. The molecule has 1 aliphatic rings. The van der Waals surface area contributed by atoms with Crippen molar-refractivity contribution in [2.24, 2.45) is 5.09 Å². The Bertz CT molecular complexity index is 327. The summed E-state index contributed by atoms with van der Waals surface area (Å²) < 4.78 is 5.17. The fourth-order valence-electron chi connectivity index (χ4n) is 1.56. The molecule has 0 amide bonds. The monoisotopic (exact) mass is 161 g/mol. The molecule has 3 nitrogen and oxygen atoms in total. The van der Waals surface area contributed by atoms with Gasteiger partial charge in [0.05, 0.1) is 6.61 Å². The Morgan fingerprint density at radius 3 is 3.17 bits per heavy atom. The Morgan fingerprint density at radius 1 is 1.58 bits per heavy atom. The van der Waals surface area contributed by atoms with Crippen LogP contribution in [0.4, 0.5) is 0 Å². The van der Waals surface area contributed by atoms with Crippen molar-refractivity contribution in [3.05, 3.63) is 34.2 Å². The van der Waals surface area contributed by atoms with Gasteiger partial charge in [0.25, 0.3) is 0 Å². The molecule has 0 spiro atoms. The summed E-state index contributed by atoms with van der Waals surface area (Å²) in [7, 11) is -0.582. The molecule has 0 saturated carbocycles. The first-order valence-corrected chi connectivity index (χ1v) is 3.85. The predicted octanol–water partition coefficient (Wildman–Crippen LogP) is 0.987. The minimum Gasteiger partial charge on any atom is -0.405 e. The summed E-state index contributed by atoms with van der Waals surface area (Å²) in [5.41, 5.74) is 3.11. The summed E-state index contributed by atoms with van der Waals surface area (Å²) in [6.45, 7) is 2.47. The molecule has 1 aliphatic heterocycles. The smallest absolute Gasteiger partial charge is 0.405 e. The highest BCUT2D eigenvalue weighted by Crippen LogP contribution is 2.13. The first-order valence-electron chi connectivity index (χ1n) is 3.85. The second-order valence-corrected chi connectivity index (χ2v) is 2.92. The molecule has 1 aromatic carbocycles. The van der Waals surface area contributed by atoms with E-state index in [0.717, 1.165) is 16.6 Å². The maximum absolute atomic E-state index is 10.3. The van der Waals surface area contributed by atoms with Crippen molar-refractivity contribution >= 4 is 12.5 Å². The molecule has 0 atom stereocenters. The van der Waals surface area contributed by atoms with Gasteiger partial charge in [0, 0.05) is 0 Å². The van der Waals surface area contributed by atoms with Gasteiger partial charge in [0.15, 0.2) is 0 Å². The van der Waals surface area contributed by atoms with Gasteiger partial charge >= 0.3 is 7.05 Å². The lowest BCUT2D eigenvalue weighted by molar-refractivity contribution is 0.331. The van der Waals surface area contributed by atoms with Gasteiger partial charge < -0.3 is 4.65 Å². The van der Waals surface area contributed by atoms with Crippen molar-refractivity contribution in [2.75, 3.05) is 0 Å². The van der Waals surface area contributed by atoms with E-state index in [2.05, 4.69) is 5.09 Å². The van der Waals surface area contributed by atoms with Gasteiger partial charge in [-0.2, -0.15) is 4.91 Å². The molecule has 1 heterocycles. The highest BCUT2D eigenvalue weighted by Gasteiger charge is 2.31. The van der Waals surface area contributed by atoms with Gasteiger partial charge in [-0.3, -0.25) is 0 Å². The molecule has 60 valence electrons. The minimum absolute atomic E-state index is 0.507. The summed E-state index contributed by atoms with van der Waals surface area (Å²) >= 11 is 0. The van der Waals surface area contributed by atoms with Crippen LogP contribution in [0.25, 0.3) is 0 Å². The number of nitrogens with zero attached hydrogens (tertiary/aromatic N) is 1. The molecule has 0 bridgehead atoms. The van der Waals surface area contributed by atoms with Crippen LogP contribution in [0.3, 0.4) is 0 Å². The SMILES string of the molecule is Cc1cccc2c1B(N=O)OC2. The molecule has 0 saturated heterocycles. The highest BCUT2D eigenvalue weighted by atomic mass is 16.5. The van der Waals surface area contributed by atoms with E-state index in [9.17, 15) is 4.91 Å². The molecule has 0 fully saturated rings. The average molecular weight is 161 g/mol. The molecule has 0 radical (unpaired) electrons. The van der Waals surface area contributed by atoms with Crippen LogP contribution >= 0.6 is 0 Å². The predicted molar refractivity (Wildman–Crippen MR) is 47.2 cm³/mol. The lowest BCUT2D eigenvalue weighted by atomic mass is 9.73. The van der Waals surface area contributed by atoms with Crippen LogP contribution < -0.4 is 5.46 Å². The van der Waals surface area contributed by atoms with Crippen LogP contribution in [0, 0.1) is 11.8 Å². The Kier molecular flexibility index (Phi) is 1.69. The number of aryl methyl sites for hydroxylation is 1. The molecule has 1 aromatic rings. The van der Waals surface area contributed by atoms with E-state index in [1.54, 1.807) is 0 Å². The van der Waals surface area contributed by atoms with Crippen LogP contribution in [-0.4, -0.2) is 7.05 Å². The topological polar surface area (TPSA) is 38.7 Å². The van der Waals surface area contributed by atoms with Gasteiger partial charge in [0.2, 0.25) is 0 Å². The van der Waals surface area contributed by atoms with Crippen molar-refractivity contribution in [3.63, 3.8) is 0 Å². The Labute approximate surface area is 70.8 Å². The third-order valence-corrected chi connectivity index (χ3v) is 2.15. The molecule has 12 heavy (non-hydrogen) atoms. The van der Waals surface area contributed by atoms with Crippen LogP contribution in [-0.2, 0) is 11.3 Å². The van der Waals surface area contributed by atoms with Crippen molar-refractivity contribution in [2.45, 2.75) is 13.5 Å². The normalized spacial score (nSPS) is 14.6. The van der Waals surface area contributed by atoms with E-state index < -0.39 is 7.05 Å². The molecule has 0 aromatic heterocycles. The first-order chi connectivity index (χ1) is 5.83. The fourth-order valence-corrected chi connectivity index (χ4v) is 1.56. The fraction of sp³-hybridized carbons (Fsp3) is 0.250. The van der Waals surface area contributed by atoms with E-state index in [-0.39, 0.29) is 0 Å². The van der Waals surface area contributed by atoms with E-state index in [1.165, 1.54) is 0 Å². The summed E-state index contributed by atoms with van der Waals surface area (Å²) in [4.78, 5) is 10.3. The Balaban J connectivity index is 2.55. The number of hydrogen-bond acceptors (Lipinski definition) is 3. The van der Waals surface area contributed by atoms with Crippen molar-refractivity contribution in [1.82, 2.24) is 0 Å². The molecule has 0 N–H and O–H groups in total. The van der Waals surface area contributed by atoms with E-state index in [1.807, 2.05) is 25.1 Å². The lowest BCUT2D eigenvalue weighted by Gasteiger charge is -2.00. The van der Waals surface area contributed by atoms with Crippen LogP contribution in [0.1, 0.15) is 11.1 Å². The van der Waals surface area contributed by atoms with Gasteiger partial charge in [0.1, 0.15) is 0 Å². The van der Waals surface area contributed by atoms with Gasteiger partial charge in [-0.1, -0.05) is 28.9 Å². The van der Waals surface area contributed by atoms with Gasteiger partial charge in [-0.15, -0.1) is 0 Å². The van der Waals surface area contributed by atoms with Crippen molar-refractivity contribution in [1.29, 1.82) is 0 Å². The Morgan fingerprint density at radius 2 is 2.42 bits per heavy atom. The van der Waals surface area contributed by atoms with Crippen LogP contribution in [0.5, 0.6) is 0 Å². The molecular formula is C8H8BNO2. The Hall–Kier alpha value is -1.16. The molecule has 2 rings (SSSR count). The zero-order chi connectivity index (χ0) is 8.55. The third kappa shape index (κ3) is 0.957. The molecule has 0 unspecified atom stereocenters. The largest absolute Gasteiger partial charge is 0.521 e. The first kappa shape index (κ1) is 7.49. The number of fused-ring (bicyclic) bond motifs is 1. The zero-order valence-corrected chi connectivity index (χ0v) is 6.78. The van der Waals surface area contributed by atoms with Crippen molar-refractivity contribution < 1.29 is 4.65 Å². The average Bonchev–Trinajstić information content (AvgIpc) is 2.49. The van der Waals surface area contributed by atoms with E-state index >= 15 is 0 Å². The van der Waals surface area contributed by atoms with E-state index in [4.69, 9.17) is 4.65 Å². The second-order valence-electron chi connectivity index (χ2n) is 2.92. The zero-order valence-electron chi connectivity index (χ0n) is 6.78. The van der Waals surface area contributed by atoms with Crippen LogP contribution in [0.15, 0.2) is 23.3 Å². The number of hydrogen-bond donors (Lipinski definition) is 0. The quantitative estimate of drug-likeness (QED) is 0.454. The molecule has 0 aliphatic carbocycles. The number of nitroso groups, excluding NO2 is 1.